The highest BCUT2D eigenvalue weighted by atomic mass is 35.5. The molecule has 1 saturated heterocycles. The van der Waals surface area contributed by atoms with E-state index in [-0.39, 0.29) is 23.9 Å². The lowest BCUT2D eigenvalue weighted by atomic mass is 10.1. The molecule has 12 heteroatoms. The molecule has 0 spiro atoms. The molecule has 2 unspecified atom stereocenters. The summed E-state index contributed by atoms with van der Waals surface area (Å²) in [7, 11) is 1.83. The second-order valence-corrected chi connectivity index (χ2v) is 11.6. The Morgan fingerprint density at radius 2 is 2.02 bits per heavy atom. The Hall–Kier alpha value is -3.47. The van der Waals surface area contributed by atoms with E-state index in [0.717, 1.165) is 49.8 Å². The summed E-state index contributed by atoms with van der Waals surface area (Å²) in [6.45, 7) is 4.34. The summed E-state index contributed by atoms with van der Waals surface area (Å²) in [4.78, 5) is 44.7. The number of amides is 2. The van der Waals surface area contributed by atoms with Crippen molar-refractivity contribution in [3.8, 4) is 0 Å². The molecule has 4 aromatic rings. The minimum Gasteiger partial charge on any atom is -0.359 e. The fraction of sp³-hybridized carbons (Fsp3) is 0.433. The first kappa shape index (κ1) is 30.0. The minimum atomic E-state index is -0.376. The lowest BCUT2D eigenvalue weighted by Crippen LogP contribution is -2.37. The predicted molar refractivity (Wildman–Crippen MR) is 167 cm³/mol. The van der Waals surface area contributed by atoms with Gasteiger partial charge >= 0.3 is 0 Å². The van der Waals surface area contributed by atoms with Crippen LogP contribution in [-0.2, 0) is 4.79 Å². The van der Waals surface area contributed by atoms with Gasteiger partial charge in [0.2, 0.25) is 5.91 Å². The number of imidazole rings is 1. The molecule has 2 amide bonds. The number of aromatic nitrogens is 4. The van der Waals surface area contributed by atoms with Crippen molar-refractivity contribution in [2.75, 3.05) is 32.0 Å². The van der Waals surface area contributed by atoms with Crippen LogP contribution in [0, 0.1) is 0 Å². The van der Waals surface area contributed by atoms with Gasteiger partial charge in [-0.2, -0.15) is 0 Å². The Labute approximate surface area is 255 Å². The van der Waals surface area contributed by atoms with E-state index in [2.05, 4.69) is 37.8 Å². The Morgan fingerprint density at radius 3 is 2.81 bits per heavy atom. The topological polar surface area (TPSA) is 128 Å². The fourth-order valence-corrected chi connectivity index (χ4v) is 5.62. The maximum absolute atomic E-state index is 13.0. The van der Waals surface area contributed by atoms with Crippen LogP contribution >= 0.6 is 23.2 Å². The van der Waals surface area contributed by atoms with Gasteiger partial charge in [-0.05, 0) is 62.6 Å². The number of nitrogens with zero attached hydrogens (tertiary/aromatic N) is 4. The van der Waals surface area contributed by atoms with E-state index in [1.165, 1.54) is 6.33 Å². The third kappa shape index (κ3) is 7.11. The Kier molecular flexibility index (Phi) is 9.76. The maximum Gasteiger partial charge on any atom is 0.252 e. The van der Waals surface area contributed by atoms with E-state index in [0.29, 0.717) is 57.5 Å². The van der Waals surface area contributed by atoms with Gasteiger partial charge in [0, 0.05) is 43.0 Å². The second kappa shape index (κ2) is 13.7. The van der Waals surface area contributed by atoms with E-state index < -0.39 is 0 Å². The zero-order valence-electron chi connectivity index (χ0n) is 23.8. The van der Waals surface area contributed by atoms with Crippen LogP contribution in [0.4, 0.5) is 5.82 Å². The molecular weight excluding hydrogens is 575 g/mol. The molecule has 1 fully saturated rings. The number of carbonyl (C=O) groups is 2. The van der Waals surface area contributed by atoms with E-state index in [4.69, 9.17) is 28.2 Å². The smallest absolute Gasteiger partial charge is 0.252 e. The van der Waals surface area contributed by atoms with Gasteiger partial charge in [0.15, 0.2) is 0 Å². The van der Waals surface area contributed by atoms with Gasteiger partial charge in [0.05, 0.1) is 33.2 Å². The molecule has 0 saturated carbocycles. The third-order valence-corrected chi connectivity index (χ3v) is 8.21. The van der Waals surface area contributed by atoms with Crippen LogP contribution in [-0.4, -0.2) is 69.4 Å². The third-order valence-electron chi connectivity index (χ3n) is 7.66. The normalized spacial score (nSPS) is 15.7. The summed E-state index contributed by atoms with van der Waals surface area (Å²) in [6, 6.07) is 8.76. The Morgan fingerprint density at radius 1 is 1.17 bits per heavy atom. The maximum atomic E-state index is 13.0. The molecule has 5 rings (SSSR count). The first-order valence-electron chi connectivity index (χ1n) is 14.4. The number of anilines is 1. The highest BCUT2D eigenvalue weighted by Crippen LogP contribution is 2.31. The Bertz CT molecular complexity index is 1570. The first-order chi connectivity index (χ1) is 20.3. The molecule has 42 heavy (non-hydrogen) atoms. The van der Waals surface area contributed by atoms with E-state index >= 15 is 0 Å². The number of nitrogens with one attached hydrogen (secondary N) is 4. The number of halogens is 2. The van der Waals surface area contributed by atoms with Gasteiger partial charge in [0.25, 0.3) is 5.91 Å². The summed E-state index contributed by atoms with van der Waals surface area (Å²) in [5.41, 5.74) is 2.51. The number of benzene rings is 2. The summed E-state index contributed by atoms with van der Waals surface area (Å²) in [6.07, 6.45) is 6.36. The summed E-state index contributed by atoms with van der Waals surface area (Å²) >= 11 is 12.8. The predicted octanol–water partition coefficient (Wildman–Crippen LogP) is 5.49. The zero-order valence-corrected chi connectivity index (χ0v) is 25.4. The molecule has 4 N–H and O–H groups in total. The molecule has 2 aromatic carbocycles. The van der Waals surface area contributed by atoms with Gasteiger partial charge in [-0.1, -0.05) is 36.5 Å². The van der Waals surface area contributed by atoms with Gasteiger partial charge in [-0.3, -0.25) is 9.59 Å². The number of carbonyl (C=O) groups excluding carboxylic acids is 2. The number of hydrogen-bond donors (Lipinski definition) is 4. The number of aromatic amines is 1. The molecular formula is C30H36Cl2N8O2. The number of hydrogen-bond acceptors (Lipinski definition) is 7. The van der Waals surface area contributed by atoms with Crippen LogP contribution in [0.5, 0.6) is 0 Å². The highest BCUT2D eigenvalue weighted by Gasteiger charge is 2.22. The van der Waals surface area contributed by atoms with Crippen molar-refractivity contribution in [1.82, 2.24) is 35.5 Å². The van der Waals surface area contributed by atoms with Crippen molar-refractivity contribution >= 4 is 62.8 Å². The van der Waals surface area contributed by atoms with Crippen molar-refractivity contribution in [2.24, 2.45) is 0 Å². The van der Waals surface area contributed by atoms with Crippen LogP contribution in [0.1, 0.15) is 67.7 Å². The van der Waals surface area contributed by atoms with E-state index in [1.807, 2.05) is 19.2 Å². The van der Waals surface area contributed by atoms with Gasteiger partial charge in [-0.15, -0.1) is 0 Å². The standard InChI is InChI=1S/C30H36Cl2N8O2/c1-3-4-12-40(2)27(41)10-9-24(29-37-23-8-7-18(31)13-26(23)39-29)38-28-21-14-22(32)20(15-25(21)35-17-36-28)30(42)34-16-19-6-5-11-33-19/h7-8,13-15,17,19,24,33H,3-6,9-12,16H2,1-2H3,(H,34,42)(H,37,39)(H,35,36,38). The van der Waals surface area contributed by atoms with Crippen LogP contribution in [0.25, 0.3) is 21.9 Å². The summed E-state index contributed by atoms with van der Waals surface area (Å²) in [5, 5.41) is 11.4. The van der Waals surface area contributed by atoms with E-state index in [9.17, 15) is 9.59 Å². The van der Waals surface area contributed by atoms with Crippen molar-refractivity contribution in [3.63, 3.8) is 0 Å². The lowest BCUT2D eigenvalue weighted by Gasteiger charge is -2.21. The van der Waals surface area contributed by atoms with Crippen LogP contribution in [0.2, 0.25) is 10.0 Å². The first-order valence-corrected chi connectivity index (χ1v) is 15.2. The molecule has 2 atom stereocenters. The molecule has 10 nitrogen and oxygen atoms in total. The molecule has 0 aliphatic carbocycles. The number of fused-ring (bicyclic) bond motifs is 2. The summed E-state index contributed by atoms with van der Waals surface area (Å²) < 4.78 is 0. The molecule has 0 radical (unpaired) electrons. The molecule has 222 valence electrons. The van der Waals surface area contributed by atoms with Crippen LogP contribution in [0.3, 0.4) is 0 Å². The molecule has 2 aromatic heterocycles. The summed E-state index contributed by atoms with van der Waals surface area (Å²) in [5.74, 6) is 1.01. The number of rotatable bonds is 12. The molecule has 3 heterocycles. The van der Waals surface area contributed by atoms with Crippen molar-refractivity contribution < 1.29 is 9.59 Å². The van der Waals surface area contributed by atoms with Gasteiger partial charge in [0.1, 0.15) is 18.0 Å². The van der Waals surface area contributed by atoms with Gasteiger partial charge < -0.3 is 25.8 Å². The molecule has 1 aliphatic heterocycles. The quantitative estimate of drug-likeness (QED) is 0.167. The van der Waals surface area contributed by atoms with Crippen LogP contribution in [0.15, 0.2) is 36.7 Å². The average Bonchev–Trinajstić information content (AvgIpc) is 3.66. The largest absolute Gasteiger partial charge is 0.359 e. The average molecular weight is 612 g/mol. The minimum absolute atomic E-state index is 0.0634. The number of H-pyrrole nitrogens is 1. The highest BCUT2D eigenvalue weighted by molar-refractivity contribution is 6.35. The molecule has 0 bridgehead atoms. The SMILES string of the molecule is CCCCN(C)C(=O)CCC(Nc1ncnc2cc(C(=O)NCC3CCCN3)c(Cl)cc12)c1nc2ccc(Cl)cc2[nH]1. The van der Waals surface area contributed by atoms with Gasteiger partial charge in [-0.25, -0.2) is 15.0 Å². The Balaban J connectivity index is 1.40. The second-order valence-electron chi connectivity index (χ2n) is 10.8. The van der Waals surface area contributed by atoms with Crippen molar-refractivity contribution in [3.05, 3.63) is 58.1 Å². The monoisotopic (exact) mass is 610 g/mol. The lowest BCUT2D eigenvalue weighted by molar-refractivity contribution is -0.130. The van der Waals surface area contributed by atoms with E-state index in [1.54, 1.807) is 23.1 Å². The fourth-order valence-electron chi connectivity index (χ4n) is 5.20. The van der Waals surface area contributed by atoms with Crippen molar-refractivity contribution in [1.29, 1.82) is 0 Å². The van der Waals surface area contributed by atoms with Crippen molar-refractivity contribution in [2.45, 2.75) is 57.5 Å². The number of unbranched alkanes of at least 4 members (excludes halogenated alkanes) is 1. The van der Waals surface area contributed by atoms with Crippen LogP contribution < -0.4 is 16.0 Å². The molecule has 1 aliphatic rings. The zero-order chi connectivity index (χ0) is 29.6.